The van der Waals surface area contributed by atoms with Crippen molar-refractivity contribution < 1.29 is 4.21 Å². The Hall–Kier alpha value is -0.830. The Labute approximate surface area is 85.5 Å². The number of benzene rings is 1. The molecule has 1 saturated heterocycles. The van der Waals surface area contributed by atoms with Crippen LogP contribution in [0.3, 0.4) is 0 Å². The van der Waals surface area contributed by atoms with Gasteiger partial charge in [-0.1, -0.05) is 6.07 Å². The number of aryl methyl sites for hydroxylation is 2. The van der Waals surface area contributed by atoms with Gasteiger partial charge in [0.25, 0.3) is 0 Å². The summed E-state index contributed by atoms with van der Waals surface area (Å²) in [7, 11) is -1.85. The molecular formula is C11H15NOS. The standard InChI is InChI=1S/C11H15NOS/c1-9-6-10(2)8-11(7-9)12-14(13)4-3-5-14/h6-8H,3-5H2,1-2H3. The van der Waals surface area contributed by atoms with Crippen molar-refractivity contribution in [3.8, 4) is 0 Å². The van der Waals surface area contributed by atoms with Crippen molar-refractivity contribution in [1.29, 1.82) is 0 Å². The number of nitrogens with zero attached hydrogens (tertiary/aromatic N) is 1. The molecule has 1 heterocycles. The van der Waals surface area contributed by atoms with E-state index in [2.05, 4.69) is 10.4 Å². The largest absolute Gasteiger partial charge is 0.249 e. The molecule has 0 unspecified atom stereocenters. The molecule has 1 aliphatic heterocycles. The molecule has 1 aliphatic rings. The van der Waals surface area contributed by atoms with Crippen LogP contribution >= 0.6 is 0 Å². The van der Waals surface area contributed by atoms with Crippen molar-refractivity contribution in [2.24, 2.45) is 4.36 Å². The first kappa shape index (κ1) is 9.71. The molecule has 14 heavy (non-hydrogen) atoms. The van der Waals surface area contributed by atoms with Gasteiger partial charge in [-0.3, -0.25) is 0 Å². The van der Waals surface area contributed by atoms with Crippen LogP contribution in [0.5, 0.6) is 0 Å². The van der Waals surface area contributed by atoms with Crippen LogP contribution in [-0.4, -0.2) is 15.7 Å². The molecule has 0 aliphatic carbocycles. The van der Waals surface area contributed by atoms with E-state index in [1.807, 2.05) is 26.0 Å². The van der Waals surface area contributed by atoms with Crippen LogP contribution in [0.1, 0.15) is 17.5 Å². The van der Waals surface area contributed by atoms with Crippen LogP contribution in [0, 0.1) is 13.8 Å². The van der Waals surface area contributed by atoms with E-state index in [1.54, 1.807) is 0 Å². The summed E-state index contributed by atoms with van der Waals surface area (Å²) in [6, 6.07) is 6.10. The normalized spacial score (nSPS) is 18.7. The molecular weight excluding hydrogens is 194 g/mol. The molecule has 1 aromatic rings. The lowest BCUT2D eigenvalue weighted by molar-refractivity contribution is 0.663. The van der Waals surface area contributed by atoms with Gasteiger partial charge in [-0.2, -0.15) is 4.36 Å². The molecule has 0 aromatic heterocycles. The van der Waals surface area contributed by atoms with Crippen molar-refractivity contribution in [3.05, 3.63) is 29.3 Å². The minimum atomic E-state index is -1.85. The molecule has 1 fully saturated rings. The first-order valence-electron chi connectivity index (χ1n) is 4.88. The van der Waals surface area contributed by atoms with E-state index in [0.717, 1.165) is 23.6 Å². The summed E-state index contributed by atoms with van der Waals surface area (Å²) in [4.78, 5) is 0. The Morgan fingerprint density at radius 2 is 1.71 bits per heavy atom. The predicted molar refractivity (Wildman–Crippen MR) is 60.5 cm³/mol. The van der Waals surface area contributed by atoms with E-state index in [1.165, 1.54) is 11.1 Å². The van der Waals surface area contributed by atoms with Crippen molar-refractivity contribution in [1.82, 2.24) is 0 Å². The van der Waals surface area contributed by atoms with Crippen LogP contribution in [0.25, 0.3) is 0 Å². The molecule has 0 bridgehead atoms. The van der Waals surface area contributed by atoms with Gasteiger partial charge in [-0.25, -0.2) is 4.21 Å². The Balaban J connectivity index is 2.43. The van der Waals surface area contributed by atoms with Crippen molar-refractivity contribution >= 4 is 15.4 Å². The second kappa shape index (κ2) is 3.39. The maximum atomic E-state index is 11.9. The molecule has 0 atom stereocenters. The fraction of sp³-hybridized carbons (Fsp3) is 0.455. The van der Waals surface area contributed by atoms with Gasteiger partial charge in [0.2, 0.25) is 0 Å². The van der Waals surface area contributed by atoms with Crippen molar-refractivity contribution in [2.75, 3.05) is 11.5 Å². The van der Waals surface area contributed by atoms with Crippen LogP contribution in [0.4, 0.5) is 5.69 Å². The average molecular weight is 209 g/mol. The van der Waals surface area contributed by atoms with Crippen LogP contribution in [0.2, 0.25) is 0 Å². The third-order valence-corrected chi connectivity index (χ3v) is 4.80. The maximum absolute atomic E-state index is 11.9. The van der Waals surface area contributed by atoms with Gasteiger partial charge < -0.3 is 0 Å². The third kappa shape index (κ3) is 1.98. The summed E-state index contributed by atoms with van der Waals surface area (Å²) in [5.41, 5.74) is 3.25. The summed E-state index contributed by atoms with van der Waals surface area (Å²) in [6.45, 7) is 4.08. The molecule has 2 rings (SSSR count). The molecule has 0 spiro atoms. The molecule has 1 aromatic carbocycles. The lowest BCUT2D eigenvalue weighted by atomic mass is 10.1. The Morgan fingerprint density at radius 1 is 1.14 bits per heavy atom. The molecule has 0 saturated carbocycles. The average Bonchev–Trinajstić information content (AvgIpc) is 1.99. The van der Waals surface area contributed by atoms with Crippen LogP contribution in [-0.2, 0) is 9.73 Å². The third-order valence-electron chi connectivity index (χ3n) is 2.40. The van der Waals surface area contributed by atoms with Gasteiger partial charge in [0.1, 0.15) is 0 Å². The smallest absolute Gasteiger partial charge is 0.0735 e. The Kier molecular flexibility index (Phi) is 2.35. The van der Waals surface area contributed by atoms with Gasteiger partial charge in [-0.05, 0) is 43.5 Å². The summed E-state index contributed by atoms with van der Waals surface area (Å²) >= 11 is 0. The van der Waals surface area contributed by atoms with Gasteiger partial charge in [-0.15, -0.1) is 0 Å². The molecule has 0 N–H and O–H groups in total. The molecule has 0 amide bonds. The highest BCUT2D eigenvalue weighted by Crippen LogP contribution is 2.23. The van der Waals surface area contributed by atoms with E-state index >= 15 is 0 Å². The summed E-state index contributed by atoms with van der Waals surface area (Å²) in [6.07, 6.45) is 1.06. The number of rotatable bonds is 1. The zero-order valence-corrected chi connectivity index (χ0v) is 9.43. The first-order valence-corrected chi connectivity index (χ1v) is 6.74. The highest BCUT2D eigenvalue weighted by molar-refractivity contribution is 7.95. The minimum absolute atomic E-state index is 0.778. The van der Waals surface area contributed by atoms with Gasteiger partial charge in [0.15, 0.2) is 0 Å². The summed E-state index contributed by atoms with van der Waals surface area (Å²) in [5.74, 6) is 1.56. The van der Waals surface area contributed by atoms with Crippen LogP contribution in [0.15, 0.2) is 22.6 Å². The quantitative estimate of drug-likeness (QED) is 0.699. The highest BCUT2D eigenvalue weighted by atomic mass is 32.2. The number of hydrogen-bond donors (Lipinski definition) is 0. The minimum Gasteiger partial charge on any atom is -0.249 e. The molecule has 0 radical (unpaired) electrons. The molecule has 2 nitrogen and oxygen atoms in total. The van der Waals surface area contributed by atoms with Crippen molar-refractivity contribution in [2.45, 2.75) is 20.3 Å². The van der Waals surface area contributed by atoms with E-state index < -0.39 is 9.73 Å². The van der Waals surface area contributed by atoms with Gasteiger partial charge in [0, 0.05) is 11.5 Å². The van der Waals surface area contributed by atoms with E-state index in [9.17, 15) is 4.21 Å². The SMILES string of the molecule is Cc1cc(C)cc(N=S2(=O)CCC2)c1. The summed E-state index contributed by atoms with van der Waals surface area (Å²) in [5, 5.41) is 0. The molecule has 3 heteroatoms. The first-order chi connectivity index (χ1) is 6.57. The van der Waals surface area contributed by atoms with E-state index in [0.29, 0.717) is 0 Å². The summed E-state index contributed by atoms with van der Waals surface area (Å²) < 4.78 is 16.2. The lowest BCUT2D eigenvalue weighted by Crippen LogP contribution is -2.22. The van der Waals surface area contributed by atoms with Crippen LogP contribution < -0.4 is 0 Å². The highest BCUT2D eigenvalue weighted by Gasteiger charge is 2.18. The lowest BCUT2D eigenvalue weighted by Gasteiger charge is -2.17. The fourth-order valence-corrected chi connectivity index (χ4v) is 3.13. The second-order valence-electron chi connectivity index (χ2n) is 3.97. The monoisotopic (exact) mass is 209 g/mol. The topological polar surface area (TPSA) is 29.4 Å². The van der Waals surface area contributed by atoms with Gasteiger partial charge >= 0.3 is 0 Å². The fourth-order valence-electron chi connectivity index (χ4n) is 1.68. The maximum Gasteiger partial charge on any atom is 0.0735 e. The number of hydrogen-bond acceptors (Lipinski definition) is 2. The molecule has 76 valence electrons. The van der Waals surface area contributed by atoms with E-state index in [-0.39, 0.29) is 0 Å². The Morgan fingerprint density at radius 3 is 2.14 bits per heavy atom. The zero-order chi connectivity index (χ0) is 10.2. The van der Waals surface area contributed by atoms with Gasteiger partial charge in [0.05, 0.1) is 15.4 Å². The van der Waals surface area contributed by atoms with E-state index in [4.69, 9.17) is 0 Å². The zero-order valence-electron chi connectivity index (χ0n) is 8.62. The predicted octanol–water partition coefficient (Wildman–Crippen LogP) is 2.81. The second-order valence-corrected chi connectivity index (χ2v) is 6.52. The van der Waals surface area contributed by atoms with Crippen molar-refractivity contribution in [3.63, 3.8) is 0 Å². The Bertz CT molecular complexity index is 440.